The summed E-state index contributed by atoms with van der Waals surface area (Å²) in [4.78, 5) is -0.289. The zero-order valence-corrected chi connectivity index (χ0v) is 19.0. The maximum absolute atomic E-state index is 13.2. The van der Waals surface area contributed by atoms with Crippen molar-refractivity contribution in [3.8, 4) is 28.8 Å². The van der Waals surface area contributed by atoms with E-state index < -0.39 is 9.84 Å². The number of para-hydroxylation sites is 1. The first-order valence-electron chi connectivity index (χ1n) is 10.2. The molecule has 0 saturated heterocycles. The number of aryl methyl sites for hydroxylation is 1. The molecule has 33 heavy (non-hydrogen) atoms. The summed E-state index contributed by atoms with van der Waals surface area (Å²) in [6.45, 7) is 1.87. The van der Waals surface area contributed by atoms with Crippen LogP contribution in [0.15, 0.2) is 94.9 Å². The Morgan fingerprint density at radius 3 is 2.42 bits per heavy atom. The van der Waals surface area contributed by atoms with Crippen molar-refractivity contribution in [1.29, 1.82) is 5.26 Å². The monoisotopic (exact) mass is 455 g/mol. The minimum absolute atomic E-state index is 0.0688. The standard InChI is InChI=1S/C26H21N3O3S/c1-19-11-13-24(14-12-19)33(30,31)25(17-27)16-21-18-29(22-8-4-3-5-9-22)28-26(21)20-7-6-10-23(15-20)32-2/h3-16,18H,1-2H3/b25-16-. The number of rotatable bonds is 6. The van der Waals surface area contributed by atoms with Gasteiger partial charge >= 0.3 is 0 Å². The lowest BCUT2D eigenvalue weighted by atomic mass is 10.1. The van der Waals surface area contributed by atoms with Crippen LogP contribution in [-0.4, -0.2) is 25.3 Å². The number of nitrogens with zero attached hydrogens (tertiary/aromatic N) is 3. The number of ether oxygens (including phenoxy) is 1. The van der Waals surface area contributed by atoms with Crippen molar-refractivity contribution in [3.05, 3.63) is 101 Å². The molecule has 0 radical (unpaired) electrons. The number of sulfone groups is 1. The first-order chi connectivity index (χ1) is 15.9. The van der Waals surface area contributed by atoms with Crippen molar-refractivity contribution < 1.29 is 13.2 Å². The van der Waals surface area contributed by atoms with Gasteiger partial charge in [-0.25, -0.2) is 13.1 Å². The molecule has 1 aromatic heterocycles. The highest BCUT2D eigenvalue weighted by atomic mass is 32.2. The highest BCUT2D eigenvalue weighted by Gasteiger charge is 2.22. The van der Waals surface area contributed by atoms with E-state index in [2.05, 4.69) is 0 Å². The summed E-state index contributed by atoms with van der Waals surface area (Å²) < 4.78 is 33.3. The third kappa shape index (κ3) is 4.56. The van der Waals surface area contributed by atoms with Crippen molar-refractivity contribution in [2.45, 2.75) is 11.8 Å². The Morgan fingerprint density at radius 1 is 1.03 bits per heavy atom. The van der Waals surface area contributed by atoms with Crippen LogP contribution < -0.4 is 4.74 Å². The molecule has 0 saturated carbocycles. The van der Waals surface area contributed by atoms with E-state index in [9.17, 15) is 13.7 Å². The van der Waals surface area contributed by atoms with E-state index in [0.717, 1.165) is 16.8 Å². The van der Waals surface area contributed by atoms with Gasteiger partial charge in [-0.2, -0.15) is 10.4 Å². The number of hydrogen-bond acceptors (Lipinski definition) is 5. The molecule has 0 amide bonds. The second kappa shape index (κ2) is 9.15. The number of benzene rings is 3. The molecule has 7 heteroatoms. The Bertz CT molecular complexity index is 1460. The van der Waals surface area contributed by atoms with Gasteiger partial charge in [0.1, 0.15) is 22.4 Å². The molecular formula is C26H21N3O3S. The molecular weight excluding hydrogens is 434 g/mol. The van der Waals surface area contributed by atoms with Crippen LogP contribution >= 0.6 is 0 Å². The van der Waals surface area contributed by atoms with Crippen molar-refractivity contribution in [2.75, 3.05) is 7.11 Å². The Morgan fingerprint density at radius 2 is 1.76 bits per heavy atom. The van der Waals surface area contributed by atoms with Gasteiger partial charge in [-0.1, -0.05) is 48.0 Å². The van der Waals surface area contributed by atoms with Crippen molar-refractivity contribution in [3.63, 3.8) is 0 Å². The predicted molar refractivity (Wildman–Crippen MR) is 128 cm³/mol. The van der Waals surface area contributed by atoms with Gasteiger partial charge in [0, 0.05) is 17.3 Å². The maximum atomic E-state index is 13.2. The second-order valence-electron chi connectivity index (χ2n) is 7.38. The highest BCUT2D eigenvalue weighted by molar-refractivity contribution is 7.95. The van der Waals surface area contributed by atoms with Crippen molar-refractivity contribution >= 4 is 15.9 Å². The van der Waals surface area contributed by atoms with E-state index in [1.807, 2.05) is 67.6 Å². The Hall–Kier alpha value is -4.15. The van der Waals surface area contributed by atoms with Crippen molar-refractivity contribution in [2.24, 2.45) is 0 Å². The van der Waals surface area contributed by atoms with E-state index in [0.29, 0.717) is 17.0 Å². The fourth-order valence-electron chi connectivity index (χ4n) is 3.36. The normalized spacial score (nSPS) is 11.7. The fraction of sp³-hybridized carbons (Fsp3) is 0.0769. The van der Waals surface area contributed by atoms with Crippen LogP contribution in [0.4, 0.5) is 0 Å². The Balaban J connectivity index is 1.89. The molecule has 0 unspecified atom stereocenters. The number of hydrogen-bond donors (Lipinski definition) is 0. The fourth-order valence-corrected chi connectivity index (χ4v) is 4.51. The summed E-state index contributed by atoms with van der Waals surface area (Å²) in [5.74, 6) is 0.643. The van der Waals surface area contributed by atoms with Gasteiger partial charge in [0.25, 0.3) is 0 Å². The van der Waals surface area contributed by atoms with Gasteiger partial charge in [0.05, 0.1) is 17.7 Å². The highest BCUT2D eigenvalue weighted by Crippen LogP contribution is 2.30. The first kappa shape index (κ1) is 22.1. The Labute approximate surface area is 192 Å². The second-order valence-corrected chi connectivity index (χ2v) is 9.30. The van der Waals surface area contributed by atoms with Gasteiger partial charge in [-0.05, 0) is 49.4 Å². The van der Waals surface area contributed by atoms with Crippen LogP contribution in [0.2, 0.25) is 0 Å². The molecule has 0 aliphatic heterocycles. The Kier molecular flexibility index (Phi) is 6.11. The van der Waals surface area contributed by atoms with Gasteiger partial charge in [0.2, 0.25) is 9.84 Å². The van der Waals surface area contributed by atoms with Gasteiger partial charge < -0.3 is 4.74 Å². The van der Waals surface area contributed by atoms with E-state index in [4.69, 9.17) is 9.84 Å². The molecule has 0 aliphatic carbocycles. The van der Waals surface area contributed by atoms with Crippen molar-refractivity contribution in [1.82, 2.24) is 9.78 Å². The molecule has 1 heterocycles. The van der Waals surface area contributed by atoms with Crippen LogP contribution in [0.3, 0.4) is 0 Å². The largest absolute Gasteiger partial charge is 0.497 e. The smallest absolute Gasteiger partial charge is 0.216 e. The molecule has 4 rings (SSSR count). The summed E-state index contributed by atoms with van der Waals surface area (Å²) in [5, 5.41) is 14.5. The topological polar surface area (TPSA) is 85.0 Å². The molecule has 0 fully saturated rings. The summed E-state index contributed by atoms with van der Waals surface area (Å²) in [6.07, 6.45) is 3.09. The summed E-state index contributed by atoms with van der Waals surface area (Å²) >= 11 is 0. The third-order valence-electron chi connectivity index (χ3n) is 5.12. The molecule has 164 valence electrons. The summed E-state index contributed by atoms with van der Waals surface area (Å²) in [5.41, 5.74) is 3.51. The third-order valence-corrected chi connectivity index (χ3v) is 6.80. The number of methoxy groups -OCH3 is 1. The predicted octanol–water partition coefficient (Wildman–Crippen LogP) is 5.19. The van der Waals surface area contributed by atoms with E-state index in [1.54, 1.807) is 30.1 Å². The number of nitriles is 1. The average molecular weight is 456 g/mol. The molecule has 0 N–H and O–H groups in total. The van der Waals surface area contributed by atoms with E-state index >= 15 is 0 Å². The van der Waals surface area contributed by atoms with Gasteiger partial charge in [-0.3, -0.25) is 0 Å². The number of allylic oxidation sites excluding steroid dienone is 1. The van der Waals surface area contributed by atoms with Crippen LogP contribution in [0, 0.1) is 18.3 Å². The lowest BCUT2D eigenvalue weighted by molar-refractivity contribution is 0.415. The minimum Gasteiger partial charge on any atom is -0.497 e. The number of aromatic nitrogens is 2. The lowest BCUT2D eigenvalue weighted by Gasteiger charge is -2.05. The zero-order chi connectivity index (χ0) is 23.4. The molecule has 0 aliphatic rings. The van der Waals surface area contributed by atoms with Gasteiger partial charge in [0.15, 0.2) is 0 Å². The van der Waals surface area contributed by atoms with Crippen LogP contribution in [0.5, 0.6) is 5.75 Å². The zero-order valence-electron chi connectivity index (χ0n) is 18.1. The minimum atomic E-state index is -3.99. The first-order valence-corrected chi connectivity index (χ1v) is 11.6. The van der Waals surface area contributed by atoms with E-state index in [1.165, 1.54) is 18.2 Å². The molecule has 0 spiro atoms. The van der Waals surface area contributed by atoms with Crippen LogP contribution in [-0.2, 0) is 9.84 Å². The quantitative estimate of drug-likeness (QED) is 0.373. The van der Waals surface area contributed by atoms with Gasteiger partial charge in [-0.15, -0.1) is 0 Å². The van der Waals surface area contributed by atoms with E-state index in [-0.39, 0.29) is 9.80 Å². The molecule has 0 bridgehead atoms. The SMILES string of the molecule is COc1cccc(-c2nn(-c3ccccc3)cc2/C=C(/C#N)S(=O)(=O)c2ccc(C)cc2)c1. The van der Waals surface area contributed by atoms with Crippen LogP contribution in [0.25, 0.3) is 23.0 Å². The van der Waals surface area contributed by atoms with Crippen LogP contribution in [0.1, 0.15) is 11.1 Å². The maximum Gasteiger partial charge on any atom is 0.216 e. The molecule has 6 nitrogen and oxygen atoms in total. The molecule has 4 aromatic rings. The summed E-state index contributed by atoms with van der Waals surface area (Å²) in [7, 11) is -2.42. The molecule has 0 atom stereocenters. The summed E-state index contributed by atoms with van der Waals surface area (Å²) in [6, 6.07) is 25.1. The average Bonchev–Trinajstić information content (AvgIpc) is 3.27. The lowest BCUT2D eigenvalue weighted by Crippen LogP contribution is -2.03. The molecule has 3 aromatic carbocycles.